The van der Waals surface area contributed by atoms with Crippen LogP contribution in [0.15, 0.2) is 199 Å². The summed E-state index contributed by atoms with van der Waals surface area (Å²) in [6.07, 6.45) is 0. The van der Waals surface area contributed by atoms with E-state index < -0.39 is 0 Å². The predicted molar refractivity (Wildman–Crippen MR) is 263 cm³/mol. The third-order valence-corrected chi connectivity index (χ3v) is 14.9. The van der Waals surface area contributed by atoms with Gasteiger partial charge in [0.25, 0.3) is 6.71 Å². The molecule has 0 amide bonds. The Morgan fingerprint density at radius 3 is 1.95 bits per heavy atom. The molecule has 62 heavy (non-hydrogen) atoms. The molecule has 2 aliphatic rings. The highest BCUT2D eigenvalue weighted by Gasteiger charge is 2.44. The van der Waals surface area contributed by atoms with Crippen LogP contribution in [0.3, 0.4) is 0 Å². The van der Waals surface area contributed by atoms with E-state index in [9.17, 15) is 0 Å². The molecule has 0 unspecified atom stereocenters. The zero-order valence-electron chi connectivity index (χ0n) is 33.2. The molecule has 4 aromatic heterocycles. The second-order valence-corrected chi connectivity index (χ2v) is 17.8. The van der Waals surface area contributed by atoms with Crippen molar-refractivity contribution in [3.05, 3.63) is 194 Å². The van der Waals surface area contributed by atoms with Crippen molar-refractivity contribution >= 4 is 126 Å². The summed E-state index contributed by atoms with van der Waals surface area (Å²) < 4.78 is 14.1. The van der Waals surface area contributed by atoms with Crippen molar-refractivity contribution in [1.29, 1.82) is 0 Å². The molecule has 4 nitrogen and oxygen atoms in total. The molecule has 0 fully saturated rings. The van der Waals surface area contributed by atoms with E-state index in [2.05, 4.69) is 202 Å². The number of fused-ring (bicyclic) bond motifs is 16. The fourth-order valence-electron chi connectivity index (χ4n) is 11.3. The van der Waals surface area contributed by atoms with Crippen LogP contribution in [0.2, 0.25) is 0 Å². The van der Waals surface area contributed by atoms with Crippen LogP contribution in [0.4, 0.5) is 17.1 Å². The number of hydrogen-bond donors (Lipinski definition) is 0. The average Bonchev–Trinajstić information content (AvgIpc) is 4.09. The number of thiophene rings is 1. The number of rotatable bonds is 3. The van der Waals surface area contributed by atoms with Crippen LogP contribution in [-0.2, 0) is 0 Å². The maximum atomic E-state index is 6.31. The quantitative estimate of drug-likeness (QED) is 0.166. The van der Waals surface area contributed by atoms with Crippen molar-refractivity contribution in [2.45, 2.75) is 0 Å². The van der Waals surface area contributed by atoms with Gasteiger partial charge in [-0.25, -0.2) is 0 Å². The maximum absolute atomic E-state index is 6.31. The lowest BCUT2D eigenvalue weighted by atomic mass is 9.36. The van der Waals surface area contributed by atoms with Gasteiger partial charge in [0.2, 0.25) is 0 Å². The van der Waals surface area contributed by atoms with Crippen LogP contribution in [0.25, 0.3) is 98.1 Å². The van der Waals surface area contributed by atoms with Crippen LogP contribution in [-0.4, -0.2) is 15.8 Å². The smallest absolute Gasteiger partial charge is 0.264 e. The molecular weight excluding hydrogens is 774 g/mol. The summed E-state index contributed by atoms with van der Waals surface area (Å²) >= 11 is 1.95. The maximum Gasteiger partial charge on any atom is 0.264 e. The Labute approximate surface area is 359 Å². The van der Waals surface area contributed by atoms with E-state index in [0.29, 0.717) is 0 Å². The van der Waals surface area contributed by atoms with Gasteiger partial charge in [-0.15, -0.1) is 11.3 Å². The van der Waals surface area contributed by atoms with E-state index in [0.717, 1.165) is 27.6 Å². The van der Waals surface area contributed by atoms with Gasteiger partial charge in [0, 0.05) is 69.9 Å². The molecule has 0 bridgehead atoms. The first kappa shape index (κ1) is 33.0. The predicted octanol–water partition coefficient (Wildman–Crippen LogP) is 13.3. The van der Waals surface area contributed by atoms with Crippen LogP contribution >= 0.6 is 11.3 Å². The zero-order valence-corrected chi connectivity index (χ0v) is 34.0. The van der Waals surface area contributed by atoms with Gasteiger partial charge in [-0.1, -0.05) is 121 Å². The molecule has 286 valence electrons. The normalized spacial score (nSPS) is 13.1. The third kappa shape index (κ3) is 4.12. The molecular formula is C56H32BN3OS. The van der Waals surface area contributed by atoms with Gasteiger partial charge in [0.1, 0.15) is 11.2 Å². The molecule has 0 atom stereocenters. The Bertz CT molecular complexity index is 4060. The van der Waals surface area contributed by atoms with Crippen molar-refractivity contribution in [3.63, 3.8) is 0 Å². The van der Waals surface area contributed by atoms with Gasteiger partial charge in [0.05, 0.1) is 27.8 Å². The van der Waals surface area contributed by atoms with E-state index in [-0.39, 0.29) is 6.71 Å². The highest BCUT2D eigenvalue weighted by Crippen LogP contribution is 2.48. The largest absolute Gasteiger partial charge is 0.456 e. The van der Waals surface area contributed by atoms with E-state index >= 15 is 0 Å². The lowest BCUT2D eigenvalue weighted by Crippen LogP contribution is -2.59. The van der Waals surface area contributed by atoms with E-state index in [1.54, 1.807) is 0 Å². The van der Waals surface area contributed by atoms with Crippen LogP contribution < -0.4 is 20.6 Å². The highest BCUT2D eigenvalue weighted by molar-refractivity contribution is 7.33. The van der Waals surface area contributed by atoms with E-state index in [1.807, 2.05) is 17.4 Å². The minimum atomic E-state index is 0.0297. The number of aromatic nitrogens is 2. The molecule has 6 heteroatoms. The summed E-state index contributed by atoms with van der Waals surface area (Å²) in [7, 11) is 0. The first-order valence-electron chi connectivity index (χ1n) is 21.3. The van der Waals surface area contributed by atoms with Gasteiger partial charge in [-0.2, -0.15) is 0 Å². The summed E-state index contributed by atoms with van der Waals surface area (Å²) in [5.74, 6) is 0. The topological polar surface area (TPSA) is 26.2 Å². The summed E-state index contributed by atoms with van der Waals surface area (Å²) in [5, 5.41) is 8.78. The zero-order chi connectivity index (χ0) is 40.2. The minimum Gasteiger partial charge on any atom is -0.456 e. The molecule has 0 aliphatic carbocycles. The highest BCUT2D eigenvalue weighted by atomic mass is 32.1. The average molecular weight is 806 g/mol. The molecule has 6 heterocycles. The fraction of sp³-hybridized carbons (Fsp3) is 0. The molecule has 9 aromatic carbocycles. The Morgan fingerprint density at radius 2 is 1.11 bits per heavy atom. The van der Waals surface area contributed by atoms with Crippen molar-refractivity contribution < 1.29 is 4.42 Å². The van der Waals surface area contributed by atoms with Crippen LogP contribution in [0, 0.1) is 0 Å². The van der Waals surface area contributed by atoms with Crippen molar-refractivity contribution in [3.8, 4) is 22.5 Å². The molecule has 2 aliphatic heterocycles. The molecule has 0 N–H and O–H groups in total. The van der Waals surface area contributed by atoms with Gasteiger partial charge in [-0.05, 0) is 94.8 Å². The van der Waals surface area contributed by atoms with Gasteiger partial charge >= 0.3 is 0 Å². The van der Waals surface area contributed by atoms with Gasteiger partial charge < -0.3 is 18.5 Å². The third-order valence-electron chi connectivity index (χ3n) is 13.7. The van der Waals surface area contributed by atoms with Gasteiger partial charge in [-0.3, -0.25) is 0 Å². The lowest BCUT2D eigenvalue weighted by Gasteiger charge is -2.39. The summed E-state index contributed by atoms with van der Waals surface area (Å²) in [4.78, 5) is 2.55. The summed E-state index contributed by atoms with van der Waals surface area (Å²) in [6, 6.07) is 71.4. The molecule has 0 radical (unpaired) electrons. The molecule has 0 saturated heterocycles. The molecule has 0 spiro atoms. The number of para-hydroxylation sites is 4. The lowest BCUT2D eigenvalue weighted by molar-refractivity contribution is 0.669. The monoisotopic (exact) mass is 805 g/mol. The van der Waals surface area contributed by atoms with Gasteiger partial charge in [0.15, 0.2) is 0 Å². The van der Waals surface area contributed by atoms with E-state index in [4.69, 9.17) is 4.42 Å². The Balaban J connectivity index is 1.03. The number of anilines is 3. The standard InChI is InChI=1S/C56H32BN3OS/c1-2-14-34(15-3-1)58-42-21-8-4-16-37(42)51-46(58)32-41-55-52(51)38-17-5-9-22-43(38)60(55)45-24-13-23-44-53(45)57(41)56-54(40-19-7-11-27-49(40)62-56)59(44)35-30-28-33(29-31-35)36-20-12-26-48-50(36)39-18-6-10-25-47(39)61-48/h1-32H. The minimum absolute atomic E-state index is 0.0297. The molecule has 15 rings (SSSR count). The summed E-state index contributed by atoms with van der Waals surface area (Å²) in [5.41, 5.74) is 17.9. The number of hydrogen-bond acceptors (Lipinski definition) is 3. The number of nitrogens with zero attached hydrogens (tertiary/aromatic N) is 3. The van der Waals surface area contributed by atoms with Crippen molar-refractivity contribution in [1.82, 2.24) is 9.13 Å². The Morgan fingerprint density at radius 1 is 0.452 bits per heavy atom. The summed E-state index contributed by atoms with van der Waals surface area (Å²) in [6.45, 7) is 0.0297. The molecule has 13 aromatic rings. The first-order valence-corrected chi connectivity index (χ1v) is 22.1. The number of furan rings is 1. The SMILES string of the molecule is c1ccc(-n2c3ccccc3c3c4c5ccccc5n5c4c(cc32)B2c3sc4ccccc4c3N(c3ccc(-c4cccc6oc7ccccc7c46)cc3)c3cccc-5c32)cc1. The van der Waals surface area contributed by atoms with Crippen LogP contribution in [0.5, 0.6) is 0 Å². The first-order chi connectivity index (χ1) is 30.8. The van der Waals surface area contributed by atoms with E-state index in [1.165, 1.54) is 103 Å². The molecule has 0 saturated carbocycles. The second kappa shape index (κ2) is 11.9. The Kier molecular flexibility index (Phi) is 6.35. The number of benzene rings is 9. The second-order valence-electron chi connectivity index (χ2n) is 16.7. The van der Waals surface area contributed by atoms with Crippen molar-refractivity contribution in [2.24, 2.45) is 0 Å². The van der Waals surface area contributed by atoms with Crippen molar-refractivity contribution in [2.75, 3.05) is 4.90 Å². The fourth-order valence-corrected chi connectivity index (χ4v) is 12.6. The Hall–Kier alpha value is -7.80. The van der Waals surface area contributed by atoms with Crippen LogP contribution in [0.1, 0.15) is 0 Å².